The van der Waals surface area contributed by atoms with Gasteiger partial charge in [-0.15, -0.1) is 0 Å². The Bertz CT molecular complexity index is 307. The molecule has 118 valence electrons. The van der Waals surface area contributed by atoms with Gasteiger partial charge in [0.05, 0.1) is 0 Å². The van der Waals surface area contributed by atoms with Gasteiger partial charge in [0.1, 0.15) is 0 Å². The molecule has 2 N–H and O–H groups in total. The number of likely N-dealkylation sites (tertiary alicyclic amines) is 1. The Morgan fingerprint density at radius 3 is 2.35 bits per heavy atom. The summed E-state index contributed by atoms with van der Waals surface area (Å²) in [5.41, 5.74) is 6.89. The molecule has 2 nitrogen and oxygen atoms in total. The van der Waals surface area contributed by atoms with E-state index in [0.717, 1.165) is 17.9 Å². The summed E-state index contributed by atoms with van der Waals surface area (Å²) in [6, 6.07) is 1.18. The highest BCUT2D eigenvalue weighted by molar-refractivity contribution is 4.90. The Hall–Kier alpha value is -0.0800. The topological polar surface area (TPSA) is 29.3 Å². The summed E-state index contributed by atoms with van der Waals surface area (Å²) in [5, 5.41) is 0. The second-order valence-corrected chi connectivity index (χ2v) is 8.77. The Labute approximate surface area is 126 Å². The monoisotopic (exact) mass is 280 g/mol. The first-order valence-corrected chi connectivity index (χ1v) is 8.77. The van der Waals surface area contributed by atoms with Crippen LogP contribution in [0.2, 0.25) is 0 Å². The normalized spacial score (nSPS) is 40.8. The molecule has 0 aromatic carbocycles. The highest BCUT2D eigenvalue weighted by Crippen LogP contribution is 2.40. The van der Waals surface area contributed by atoms with Gasteiger partial charge in [-0.25, -0.2) is 0 Å². The highest BCUT2D eigenvalue weighted by atomic mass is 15.2. The summed E-state index contributed by atoms with van der Waals surface area (Å²) in [7, 11) is 0. The average Bonchev–Trinajstić information content (AvgIpc) is 2.33. The first-order chi connectivity index (χ1) is 9.27. The van der Waals surface area contributed by atoms with E-state index in [1.54, 1.807) is 0 Å². The summed E-state index contributed by atoms with van der Waals surface area (Å²) in [6.45, 7) is 14.5. The molecule has 2 rings (SSSR count). The summed E-state index contributed by atoms with van der Waals surface area (Å²) < 4.78 is 0. The summed E-state index contributed by atoms with van der Waals surface area (Å²) in [6.07, 6.45) is 6.63. The minimum Gasteiger partial charge on any atom is -0.327 e. The fraction of sp³-hybridized carbons (Fsp3) is 1.00. The van der Waals surface area contributed by atoms with E-state index in [2.05, 4.69) is 39.5 Å². The molecular formula is C18H36N2. The van der Waals surface area contributed by atoms with Gasteiger partial charge in [-0.05, 0) is 68.7 Å². The fourth-order valence-electron chi connectivity index (χ4n) is 4.31. The second-order valence-electron chi connectivity index (χ2n) is 8.77. The first kappa shape index (κ1) is 16.3. The van der Waals surface area contributed by atoms with Gasteiger partial charge in [-0.1, -0.05) is 27.7 Å². The molecule has 2 fully saturated rings. The third-order valence-electron chi connectivity index (χ3n) is 6.01. The van der Waals surface area contributed by atoms with Crippen LogP contribution in [-0.2, 0) is 0 Å². The van der Waals surface area contributed by atoms with Crippen LogP contribution < -0.4 is 5.73 Å². The van der Waals surface area contributed by atoms with Crippen LogP contribution >= 0.6 is 0 Å². The molecule has 0 amide bonds. The quantitative estimate of drug-likeness (QED) is 0.831. The maximum Gasteiger partial charge on any atom is 0.00795 e. The highest BCUT2D eigenvalue weighted by Gasteiger charge is 2.36. The van der Waals surface area contributed by atoms with Crippen LogP contribution in [0.3, 0.4) is 0 Å². The largest absolute Gasteiger partial charge is 0.327 e. The molecule has 0 spiro atoms. The Morgan fingerprint density at radius 2 is 1.75 bits per heavy atom. The zero-order chi connectivity index (χ0) is 14.9. The van der Waals surface area contributed by atoms with Crippen molar-refractivity contribution in [1.82, 2.24) is 4.90 Å². The summed E-state index contributed by atoms with van der Waals surface area (Å²) in [5.74, 6) is 2.47. The van der Waals surface area contributed by atoms with E-state index in [-0.39, 0.29) is 0 Å². The summed E-state index contributed by atoms with van der Waals surface area (Å²) >= 11 is 0. The van der Waals surface area contributed by atoms with Gasteiger partial charge < -0.3 is 10.6 Å². The average molecular weight is 280 g/mol. The third kappa shape index (κ3) is 3.98. The van der Waals surface area contributed by atoms with Gasteiger partial charge in [0.25, 0.3) is 0 Å². The van der Waals surface area contributed by atoms with Crippen LogP contribution in [0.5, 0.6) is 0 Å². The Morgan fingerprint density at radius 1 is 1.05 bits per heavy atom. The van der Waals surface area contributed by atoms with E-state index in [4.69, 9.17) is 5.73 Å². The van der Waals surface area contributed by atoms with E-state index >= 15 is 0 Å². The lowest BCUT2D eigenvalue weighted by atomic mass is 9.67. The first-order valence-electron chi connectivity index (χ1n) is 8.77. The number of nitrogens with two attached hydrogens (primary N) is 1. The number of piperidine rings is 1. The molecule has 1 heterocycles. The molecule has 5 atom stereocenters. The molecule has 5 unspecified atom stereocenters. The van der Waals surface area contributed by atoms with Gasteiger partial charge in [-0.3, -0.25) is 0 Å². The molecule has 2 heteroatoms. The Kier molecular flexibility index (Phi) is 5.18. The molecular weight excluding hydrogens is 244 g/mol. The maximum absolute atomic E-state index is 6.45. The Balaban J connectivity index is 1.93. The van der Waals surface area contributed by atoms with Crippen molar-refractivity contribution < 1.29 is 0 Å². The smallest absolute Gasteiger partial charge is 0.00795 e. The van der Waals surface area contributed by atoms with E-state index in [1.165, 1.54) is 45.2 Å². The molecule has 1 saturated carbocycles. The van der Waals surface area contributed by atoms with Crippen molar-refractivity contribution >= 4 is 0 Å². The van der Waals surface area contributed by atoms with Crippen LogP contribution in [-0.4, -0.2) is 30.1 Å². The van der Waals surface area contributed by atoms with Crippen molar-refractivity contribution in [3.05, 3.63) is 0 Å². The van der Waals surface area contributed by atoms with Crippen LogP contribution in [0, 0.1) is 23.2 Å². The number of hydrogen-bond donors (Lipinski definition) is 1. The second kappa shape index (κ2) is 6.36. The van der Waals surface area contributed by atoms with Crippen LogP contribution in [0.25, 0.3) is 0 Å². The lowest BCUT2D eigenvalue weighted by molar-refractivity contribution is 0.0629. The lowest BCUT2D eigenvalue weighted by Gasteiger charge is -2.44. The van der Waals surface area contributed by atoms with Gasteiger partial charge in [0.2, 0.25) is 0 Å². The minimum absolute atomic E-state index is 0.431. The van der Waals surface area contributed by atoms with E-state index in [1.807, 2.05) is 0 Å². The van der Waals surface area contributed by atoms with Crippen LogP contribution in [0.15, 0.2) is 0 Å². The van der Waals surface area contributed by atoms with E-state index in [0.29, 0.717) is 17.4 Å². The van der Waals surface area contributed by atoms with Crippen molar-refractivity contribution in [2.45, 2.75) is 78.8 Å². The standard InChI is InChI=1S/C18H36N2/c1-13-8-9-20(14(2)10-13)12-15-11-16(18(3,4)5)6-7-17(15)19/h13-17H,6-12,19H2,1-5H3. The van der Waals surface area contributed by atoms with Crippen molar-refractivity contribution in [3.63, 3.8) is 0 Å². The van der Waals surface area contributed by atoms with Crippen molar-refractivity contribution in [2.24, 2.45) is 28.9 Å². The van der Waals surface area contributed by atoms with Gasteiger partial charge in [0, 0.05) is 18.6 Å². The molecule has 0 radical (unpaired) electrons. The van der Waals surface area contributed by atoms with Crippen molar-refractivity contribution in [3.8, 4) is 0 Å². The number of nitrogens with zero attached hydrogens (tertiary/aromatic N) is 1. The number of hydrogen-bond acceptors (Lipinski definition) is 2. The van der Waals surface area contributed by atoms with E-state index < -0.39 is 0 Å². The van der Waals surface area contributed by atoms with Gasteiger partial charge in [0.15, 0.2) is 0 Å². The van der Waals surface area contributed by atoms with E-state index in [9.17, 15) is 0 Å². The van der Waals surface area contributed by atoms with Crippen LogP contribution in [0.4, 0.5) is 0 Å². The van der Waals surface area contributed by atoms with Gasteiger partial charge in [-0.2, -0.15) is 0 Å². The number of rotatable bonds is 2. The molecule has 1 aliphatic carbocycles. The SMILES string of the molecule is CC1CCN(CC2CC(C(C)(C)C)CCC2N)C(C)C1. The maximum atomic E-state index is 6.45. The molecule has 1 saturated heterocycles. The molecule has 0 bridgehead atoms. The molecule has 20 heavy (non-hydrogen) atoms. The molecule has 0 aromatic rings. The molecule has 2 aliphatic rings. The summed E-state index contributed by atoms with van der Waals surface area (Å²) in [4.78, 5) is 2.72. The molecule has 0 aromatic heterocycles. The molecule has 1 aliphatic heterocycles. The zero-order valence-electron chi connectivity index (χ0n) is 14.4. The predicted octanol–water partition coefficient (Wildman–Crippen LogP) is 3.90. The van der Waals surface area contributed by atoms with Crippen molar-refractivity contribution in [1.29, 1.82) is 0 Å². The van der Waals surface area contributed by atoms with Crippen molar-refractivity contribution in [2.75, 3.05) is 13.1 Å². The minimum atomic E-state index is 0.431. The zero-order valence-corrected chi connectivity index (χ0v) is 14.4. The fourth-order valence-corrected chi connectivity index (χ4v) is 4.31. The lowest BCUT2D eigenvalue weighted by Crippen LogP contribution is -2.49. The van der Waals surface area contributed by atoms with Gasteiger partial charge >= 0.3 is 0 Å². The third-order valence-corrected chi connectivity index (χ3v) is 6.01. The van der Waals surface area contributed by atoms with Crippen LogP contribution in [0.1, 0.15) is 66.7 Å². The predicted molar refractivity (Wildman–Crippen MR) is 87.7 cm³/mol.